The van der Waals surface area contributed by atoms with Crippen molar-refractivity contribution in [3.63, 3.8) is 0 Å². The molecule has 4 rings (SSSR count). The summed E-state index contributed by atoms with van der Waals surface area (Å²) in [6.07, 6.45) is 0. The van der Waals surface area contributed by atoms with Gasteiger partial charge in [-0.3, -0.25) is 0 Å². The SMILES string of the molecule is CCOc1ccc2nc(N3CCN(c4cccc(OC)c4)CC3)sc2c1. The van der Waals surface area contributed by atoms with Gasteiger partial charge in [0.25, 0.3) is 0 Å². The third-order valence-corrected chi connectivity index (χ3v) is 5.71. The molecule has 26 heavy (non-hydrogen) atoms. The number of methoxy groups -OCH3 is 1. The van der Waals surface area contributed by atoms with Gasteiger partial charge in [0, 0.05) is 37.9 Å². The molecule has 0 bridgehead atoms. The summed E-state index contributed by atoms with van der Waals surface area (Å²) in [5.41, 5.74) is 2.26. The minimum Gasteiger partial charge on any atom is -0.497 e. The van der Waals surface area contributed by atoms with Gasteiger partial charge in [-0.25, -0.2) is 4.98 Å². The molecule has 1 aliphatic rings. The molecule has 0 atom stereocenters. The molecular formula is C20H23N3O2S. The quantitative estimate of drug-likeness (QED) is 0.679. The summed E-state index contributed by atoms with van der Waals surface area (Å²) in [4.78, 5) is 9.59. The van der Waals surface area contributed by atoms with Gasteiger partial charge in [0.15, 0.2) is 5.13 Å². The Hall–Kier alpha value is -2.47. The Labute approximate surface area is 157 Å². The second-order valence-electron chi connectivity index (χ2n) is 6.23. The second-order valence-corrected chi connectivity index (χ2v) is 7.24. The van der Waals surface area contributed by atoms with Crippen molar-refractivity contribution in [1.82, 2.24) is 4.98 Å². The van der Waals surface area contributed by atoms with Crippen molar-refractivity contribution in [2.75, 3.05) is 49.7 Å². The van der Waals surface area contributed by atoms with Crippen molar-refractivity contribution in [3.05, 3.63) is 42.5 Å². The number of nitrogens with zero attached hydrogens (tertiary/aromatic N) is 3. The average Bonchev–Trinajstić information content (AvgIpc) is 3.12. The summed E-state index contributed by atoms with van der Waals surface area (Å²) in [6, 6.07) is 14.4. The van der Waals surface area contributed by atoms with Crippen LogP contribution < -0.4 is 19.3 Å². The molecule has 0 aliphatic carbocycles. The number of hydrogen-bond donors (Lipinski definition) is 0. The lowest BCUT2D eigenvalue weighted by molar-refractivity contribution is 0.341. The van der Waals surface area contributed by atoms with E-state index >= 15 is 0 Å². The summed E-state index contributed by atoms with van der Waals surface area (Å²) in [7, 11) is 1.71. The molecule has 1 fully saturated rings. The normalized spacial score (nSPS) is 14.7. The maximum atomic E-state index is 5.60. The Kier molecular flexibility index (Phi) is 4.84. The monoisotopic (exact) mass is 369 g/mol. The molecule has 2 aromatic carbocycles. The van der Waals surface area contributed by atoms with Crippen LogP contribution in [0.25, 0.3) is 10.2 Å². The van der Waals surface area contributed by atoms with Crippen molar-refractivity contribution in [2.45, 2.75) is 6.92 Å². The Morgan fingerprint density at radius 3 is 2.58 bits per heavy atom. The Balaban J connectivity index is 1.46. The fourth-order valence-electron chi connectivity index (χ4n) is 3.25. The molecule has 3 aromatic rings. The number of rotatable bonds is 5. The van der Waals surface area contributed by atoms with Crippen molar-refractivity contribution in [1.29, 1.82) is 0 Å². The highest BCUT2D eigenvalue weighted by atomic mass is 32.1. The number of piperazine rings is 1. The number of ether oxygens (including phenoxy) is 2. The third kappa shape index (κ3) is 3.42. The highest BCUT2D eigenvalue weighted by molar-refractivity contribution is 7.22. The molecule has 0 N–H and O–H groups in total. The molecule has 5 nitrogen and oxygen atoms in total. The summed E-state index contributed by atoms with van der Waals surface area (Å²) in [5, 5.41) is 1.10. The Bertz CT molecular complexity index is 888. The average molecular weight is 369 g/mol. The first-order valence-corrected chi connectivity index (χ1v) is 9.76. The van der Waals surface area contributed by atoms with Gasteiger partial charge < -0.3 is 19.3 Å². The van der Waals surface area contributed by atoms with Crippen LogP contribution in [0.2, 0.25) is 0 Å². The van der Waals surface area contributed by atoms with Crippen molar-refractivity contribution in [2.24, 2.45) is 0 Å². The Morgan fingerprint density at radius 1 is 1.00 bits per heavy atom. The number of thiazole rings is 1. The van der Waals surface area contributed by atoms with E-state index in [1.807, 2.05) is 31.2 Å². The predicted molar refractivity (Wildman–Crippen MR) is 108 cm³/mol. The highest BCUT2D eigenvalue weighted by Crippen LogP contribution is 2.32. The van der Waals surface area contributed by atoms with Crippen LogP contribution >= 0.6 is 11.3 Å². The van der Waals surface area contributed by atoms with Gasteiger partial charge in [-0.15, -0.1) is 0 Å². The first-order valence-electron chi connectivity index (χ1n) is 8.94. The zero-order chi connectivity index (χ0) is 17.9. The molecule has 1 saturated heterocycles. The molecule has 0 spiro atoms. The summed E-state index contributed by atoms with van der Waals surface area (Å²) < 4.78 is 12.1. The minimum atomic E-state index is 0.684. The van der Waals surface area contributed by atoms with Gasteiger partial charge in [-0.1, -0.05) is 17.4 Å². The summed E-state index contributed by atoms with van der Waals surface area (Å²) in [5.74, 6) is 1.82. The smallest absolute Gasteiger partial charge is 0.186 e. The van der Waals surface area contributed by atoms with Gasteiger partial charge in [0.05, 0.1) is 23.9 Å². The van der Waals surface area contributed by atoms with Gasteiger partial charge in [-0.05, 0) is 37.3 Å². The Morgan fingerprint density at radius 2 is 1.81 bits per heavy atom. The molecule has 6 heteroatoms. The largest absolute Gasteiger partial charge is 0.497 e. The van der Waals surface area contributed by atoms with Crippen molar-refractivity contribution in [3.8, 4) is 11.5 Å². The van der Waals surface area contributed by atoms with E-state index in [2.05, 4.69) is 28.0 Å². The van der Waals surface area contributed by atoms with Crippen LogP contribution in [0.3, 0.4) is 0 Å². The van der Waals surface area contributed by atoms with Gasteiger partial charge in [0.2, 0.25) is 0 Å². The highest BCUT2D eigenvalue weighted by Gasteiger charge is 2.20. The molecule has 2 heterocycles. The molecular weight excluding hydrogens is 346 g/mol. The molecule has 1 aromatic heterocycles. The molecule has 1 aliphatic heterocycles. The van der Waals surface area contributed by atoms with Crippen molar-refractivity contribution >= 4 is 32.4 Å². The van der Waals surface area contributed by atoms with E-state index in [4.69, 9.17) is 14.5 Å². The number of hydrogen-bond acceptors (Lipinski definition) is 6. The van der Waals surface area contributed by atoms with Crippen molar-refractivity contribution < 1.29 is 9.47 Å². The van der Waals surface area contributed by atoms with E-state index in [0.29, 0.717) is 6.61 Å². The summed E-state index contributed by atoms with van der Waals surface area (Å²) in [6.45, 7) is 6.58. The lowest BCUT2D eigenvalue weighted by Gasteiger charge is -2.36. The maximum Gasteiger partial charge on any atom is 0.186 e. The van der Waals surface area contributed by atoms with Gasteiger partial charge >= 0.3 is 0 Å². The fourth-order valence-corrected chi connectivity index (χ4v) is 4.29. The number of anilines is 2. The molecule has 0 unspecified atom stereocenters. The van der Waals surface area contributed by atoms with Crippen LogP contribution in [0.4, 0.5) is 10.8 Å². The number of benzene rings is 2. The predicted octanol–water partition coefficient (Wildman–Crippen LogP) is 4.03. The second kappa shape index (κ2) is 7.41. The van der Waals surface area contributed by atoms with E-state index in [1.54, 1.807) is 18.4 Å². The molecule has 0 saturated carbocycles. The van der Waals surface area contributed by atoms with Crippen LogP contribution in [0.5, 0.6) is 11.5 Å². The van der Waals surface area contributed by atoms with E-state index in [-0.39, 0.29) is 0 Å². The van der Waals surface area contributed by atoms with Crippen LogP contribution in [-0.4, -0.2) is 44.9 Å². The van der Waals surface area contributed by atoms with E-state index < -0.39 is 0 Å². The van der Waals surface area contributed by atoms with Crippen LogP contribution in [0, 0.1) is 0 Å². The fraction of sp³-hybridized carbons (Fsp3) is 0.350. The third-order valence-electron chi connectivity index (χ3n) is 4.63. The van der Waals surface area contributed by atoms with E-state index in [0.717, 1.165) is 48.3 Å². The number of aromatic nitrogens is 1. The zero-order valence-electron chi connectivity index (χ0n) is 15.1. The van der Waals surface area contributed by atoms with E-state index in [1.165, 1.54) is 10.4 Å². The van der Waals surface area contributed by atoms with E-state index in [9.17, 15) is 0 Å². The van der Waals surface area contributed by atoms with Crippen LogP contribution in [-0.2, 0) is 0 Å². The van der Waals surface area contributed by atoms with Crippen LogP contribution in [0.1, 0.15) is 6.92 Å². The topological polar surface area (TPSA) is 37.8 Å². The summed E-state index contributed by atoms with van der Waals surface area (Å²) >= 11 is 1.74. The minimum absolute atomic E-state index is 0.684. The molecule has 0 radical (unpaired) electrons. The zero-order valence-corrected chi connectivity index (χ0v) is 16.0. The molecule has 0 amide bonds. The molecule has 136 valence electrons. The first-order chi connectivity index (χ1) is 12.8. The lowest BCUT2D eigenvalue weighted by atomic mass is 10.2. The maximum absolute atomic E-state index is 5.60. The number of fused-ring (bicyclic) bond motifs is 1. The van der Waals surface area contributed by atoms with Crippen LogP contribution in [0.15, 0.2) is 42.5 Å². The standard InChI is InChI=1S/C20H23N3O2S/c1-3-25-17-7-8-18-19(14-17)26-20(21-18)23-11-9-22(10-12-23)15-5-4-6-16(13-15)24-2/h4-8,13-14H,3,9-12H2,1-2H3. The van der Waals surface area contributed by atoms with Gasteiger partial charge in [-0.2, -0.15) is 0 Å². The lowest BCUT2D eigenvalue weighted by Crippen LogP contribution is -2.46. The first kappa shape index (κ1) is 17.0. The van der Waals surface area contributed by atoms with Gasteiger partial charge in [0.1, 0.15) is 11.5 Å².